The van der Waals surface area contributed by atoms with Crippen LogP contribution in [0.25, 0.3) is 0 Å². The lowest BCUT2D eigenvalue weighted by Crippen LogP contribution is -2.49. The summed E-state index contributed by atoms with van der Waals surface area (Å²) in [7, 11) is 2.17. The van der Waals surface area contributed by atoms with E-state index in [1.54, 1.807) is 12.3 Å². The van der Waals surface area contributed by atoms with Gasteiger partial charge in [-0.3, -0.25) is 4.90 Å². The van der Waals surface area contributed by atoms with Gasteiger partial charge in [0.15, 0.2) is 0 Å². The van der Waals surface area contributed by atoms with E-state index in [0.29, 0.717) is 11.6 Å². The third-order valence-electron chi connectivity index (χ3n) is 3.63. The van der Waals surface area contributed by atoms with Crippen LogP contribution in [0, 0.1) is 11.3 Å². The van der Waals surface area contributed by atoms with Gasteiger partial charge in [-0.2, -0.15) is 5.26 Å². The second-order valence-electron chi connectivity index (χ2n) is 5.11. The van der Waals surface area contributed by atoms with Crippen LogP contribution in [0.4, 0.5) is 5.82 Å². The second kappa shape index (κ2) is 6.50. The standard InChI is InChI=1S/C14H21N5/c1-12(19-7-5-18(2)6-8-19)10-16-14-4-3-13(9-15)11-17-14/h3-4,11-12H,5-8,10H2,1-2H3,(H,16,17). The molecule has 1 aromatic rings. The average molecular weight is 259 g/mol. The van der Waals surface area contributed by atoms with Crippen LogP contribution in [0.15, 0.2) is 18.3 Å². The van der Waals surface area contributed by atoms with E-state index in [4.69, 9.17) is 5.26 Å². The van der Waals surface area contributed by atoms with E-state index in [1.807, 2.05) is 6.07 Å². The molecule has 1 atom stereocenters. The summed E-state index contributed by atoms with van der Waals surface area (Å²) in [5, 5.41) is 12.0. The molecule has 19 heavy (non-hydrogen) atoms. The van der Waals surface area contributed by atoms with Crippen molar-refractivity contribution >= 4 is 5.82 Å². The molecule has 2 heterocycles. The number of hydrogen-bond acceptors (Lipinski definition) is 5. The van der Waals surface area contributed by atoms with Crippen LogP contribution in [-0.2, 0) is 0 Å². The summed E-state index contributed by atoms with van der Waals surface area (Å²) in [6, 6.07) is 6.21. The highest BCUT2D eigenvalue weighted by Gasteiger charge is 2.18. The van der Waals surface area contributed by atoms with E-state index in [1.165, 1.54) is 0 Å². The molecule has 5 heteroatoms. The van der Waals surface area contributed by atoms with Gasteiger partial charge in [-0.05, 0) is 26.1 Å². The van der Waals surface area contributed by atoms with Gasteiger partial charge in [0.1, 0.15) is 11.9 Å². The van der Waals surface area contributed by atoms with Gasteiger partial charge in [0, 0.05) is 45.0 Å². The van der Waals surface area contributed by atoms with Crippen molar-refractivity contribution in [2.24, 2.45) is 0 Å². The zero-order valence-electron chi connectivity index (χ0n) is 11.6. The molecule has 0 radical (unpaired) electrons. The molecule has 0 saturated carbocycles. The van der Waals surface area contributed by atoms with Gasteiger partial charge in [0.25, 0.3) is 0 Å². The molecular weight excluding hydrogens is 238 g/mol. The fourth-order valence-electron chi connectivity index (χ4n) is 2.21. The Morgan fingerprint density at radius 1 is 1.37 bits per heavy atom. The number of hydrogen-bond donors (Lipinski definition) is 1. The summed E-state index contributed by atoms with van der Waals surface area (Å²) in [6.45, 7) is 7.64. The number of pyridine rings is 1. The third-order valence-corrected chi connectivity index (χ3v) is 3.63. The molecule has 1 aliphatic heterocycles. The van der Waals surface area contributed by atoms with Gasteiger partial charge >= 0.3 is 0 Å². The maximum atomic E-state index is 8.72. The van der Waals surface area contributed by atoms with E-state index in [-0.39, 0.29) is 0 Å². The van der Waals surface area contributed by atoms with E-state index in [9.17, 15) is 0 Å². The van der Waals surface area contributed by atoms with Crippen molar-refractivity contribution in [1.29, 1.82) is 5.26 Å². The highest BCUT2D eigenvalue weighted by molar-refractivity contribution is 5.38. The molecule has 102 valence electrons. The lowest BCUT2D eigenvalue weighted by molar-refractivity contribution is 0.123. The Labute approximate surface area is 114 Å². The van der Waals surface area contributed by atoms with Crippen LogP contribution in [-0.4, -0.2) is 60.6 Å². The van der Waals surface area contributed by atoms with Gasteiger partial charge < -0.3 is 10.2 Å². The summed E-state index contributed by atoms with van der Waals surface area (Å²) < 4.78 is 0. The maximum absolute atomic E-state index is 8.72. The molecular formula is C14H21N5. The van der Waals surface area contributed by atoms with Crippen LogP contribution < -0.4 is 5.32 Å². The number of anilines is 1. The Morgan fingerprint density at radius 2 is 2.11 bits per heavy atom. The molecule has 1 saturated heterocycles. The molecule has 1 N–H and O–H groups in total. The molecule has 2 rings (SSSR count). The quantitative estimate of drug-likeness (QED) is 0.874. The number of nitrogens with zero attached hydrogens (tertiary/aromatic N) is 4. The van der Waals surface area contributed by atoms with E-state index in [2.05, 4.69) is 40.1 Å². The number of nitriles is 1. The summed E-state index contributed by atoms with van der Waals surface area (Å²) in [4.78, 5) is 9.07. The van der Waals surface area contributed by atoms with Crippen molar-refractivity contribution in [2.45, 2.75) is 13.0 Å². The Kier molecular flexibility index (Phi) is 4.72. The van der Waals surface area contributed by atoms with Crippen molar-refractivity contribution in [2.75, 3.05) is 45.1 Å². The largest absolute Gasteiger partial charge is 0.369 e. The van der Waals surface area contributed by atoms with Crippen LogP contribution in [0.1, 0.15) is 12.5 Å². The van der Waals surface area contributed by atoms with Gasteiger partial charge in [0.05, 0.1) is 5.56 Å². The van der Waals surface area contributed by atoms with Crippen LogP contribution in [0.2, 0.25) is 0 Å². The minimum absolute atomic E-state index is 0.492. The van der Waals surface area contributed by atoms with Crippen molar-refractivity contribution in [3.05, 3.63) is 23.9 Å². The van der Waals surface area contributed by atoms with Crippen molar-refractivity contribution in [3.8, 4) is 6.07 Å². The normalized spacial score (nSPS) is 18.8. The first-order valence-electron chi connectivity index (χ1n) is 6.71. The zero-order valence-corrected chi connectivity index (χ0v) is 11.6. The SMILES string of the molecule is CC(CNc1ccc(C#N)cn1)N1CCN(C)CC1. The Bertz CT molecular complexity index is 428. The molecule has 5 nitrogen and oxygen atoms in total. The predicted octanol–water partition coefficient (Wildman–Crippen LogP) is 1.00. The third kappa shape index (κ3) is 3.91. The molecule has 0 aromatic carbocycles. The number of nitrogens with one attached hydrogen (secondary N) is 1. The fourth-order valence-corrected chi connectivity index (χ4v) is 2.21. The molecule has 1 aliphatic rings. The monoisotopic (exact) mass is 259 g/mol. The lowest BCUT2D eigenvalue weighted by Gasteiger charge is -2.36. The zero-order chi connectivity index (χ0) is 13.7. The molecule has 1 fully saturated rings. The first kappa shape index (κ1) is 13.8. The molecule has 1 aromatic heterocycles. The minimum atomic E-state index is 0.492. The Balaban J connectivity index is 1.79. The molecule has 0 amide bonds. The Hall–Kier alpha value is -1.64. The maximum Gasteiger partial charge on any atom is 0.126 e. The highest BCUT2D eigenvalue weighted by Crippen LogP contribution is 2.08. The fraction of sp³-hybridized carbons (Fsp3) is 0.571. The first-order valence-corrected chi connectivity index (χ1v) is 6.71. The lowest BCUT2D eigenvalue weighted by atomic mass is 10.2. The van der Waals surface area contributed by atoms with Gasteiger partial charge in [-0.15, -0.1) is 0 Å². The van der Waals surface area contributed by atoms with E-state index >= 15 is 0 Å². The Morgan fingerprint density at radius 3 is 2.68 bits per heavy atom. The van der Waals surface area contributed by atoms with E-state index < -0.39 is 0 Å². The van der Waals surface area contributed by atoms with E-state index in [0.717, 1.165) is 38.5 Å². The van der Waals surface area contributed by atoms with Crippen LogP contribution >= 0.6 is 0 Å². The summed E-state index contributed by atoms with van der Waals surface area (Å²) in [5.41, 5.74) is 0.595. The molecule has 1 unspecified atom stereocenters. The van der Waals surface area contributed by atoms with Crippen molar-refractivity contribution < 1.29 is 0 Å². The summed E-state index contributed by atoms with van der Waals surface area (Å²) >= 11 is 0. The average Bonchev–Trinajstić information content (AvgIpc) is 2.46. The molecule has 0 aliphatic carbocycles. The minimum Gasteiger partial charge on any atom is -0.369 e. The number of rotatable bonds is 4. The number of likely N-dealkylation sites (N-methyl/N-ethyl adjacent to an activating group) is 1. The number of piperazine rings is 1. The highest BCUT2D eigenvalue weighted by atomic mass is 15.3. The van der Waals surface area contributed by atoms with Crippen LogP contribution in [0.5, 0.6) is 0 Å². The van der Waals surface area contributed by atoms with Crippen molar-refractivity contribution in [1.82, 2.24) is 14.8 Å². The predicted molar refractivity (Wildman–Crippen MR) is 76.0 cm³/mol. The van der Waals surface area contributed by atoms with Crippen LogP contribution in [0.3, 0.4) is 0 Å². The first-order chi connectivity index (χ1) is 9.19. The smallest absolute Gasteiger partial charge is 0.126 e. The number of aromatic nitrogens is 1. The molecule has 0 spiro atoms. The summed E-state index contributed by atoms with van der Waals surface area (Å²) in [6.07, 6.45) is 1.60. The van der Waals surface area contributed by atoms with Gasteiger partial charge in [-0.25, -0.2) is 4.98 Å². The van der Waals surface area contributed by atoms with Gasteiger partial charge in [0.2, 0.25) is 0 Å². The second-order valence-corrected chi connectivity index (χ2v) is 5.11. The summed E-state index contributed by atoms with van der Waals surface area (Å²) in [5.74, 6) is 0.833. The topological polar surface area (TPSA) is 55.2 Å². The molecule has 0 bridgehead atoms. The van der Waals surface area contributed by atoms with Gasteiger partial charge in [-0.1, -0.05) is 0 Å². The van der Waals surface area contributed by atoms with Crippen molar-refractivity contribution in [3.63, 3.8) is 0 Å².